The molecule has 96 valence electrons. The van der Waals surface area contributed by atoms with Gasteiger partial charge in [0.2, 0.25) is 5.91 Å². The molecular formula is C13H27NO2. The second kappa shape index (κ2) is 9.64. The first-order chi connectivity index (χ1) is 7.74. The molecule has 0 bridgehead atoms. The molecule has 0 aromatic heterocycles. The van der Waals surface area contributed by atoms with Gasteiger partial charge in [-0.1, -0.05) is 13.8 Å². The number of hydrogen-bond donors (Lipinski definition) is 0. The quantitative estimate of drug-likeness (QED) is 0.694. The van der Waals surface area contributed by atoms with E-state index >= 15 is 0 Å². The minimum atomic E-state index is 0.216. The van der Waals surface area contributed by atoms with Crippen LogP contribution >= 0.6 is 0 Å². The number of amides is 1. The predicted octanol–water partition coefficient (Wildman–Crippen LogP) is 2.70. The number of carbonyl (C=O) groups is 1. The highest BCUT2D eigenvalue weighted by atomic mass is 16.5. The number of ether oxygens (including phenoxy) is 1. The SMILES string of the molecule is CC.CCOCCC1CCN(C(C)=O)CC1. The number of likely N-dealkylation sites (tertiary alicyclic amines) is 1. The Kier molecular flexibility index (Phi) is 9.30. The second-order valence-corrected chi connectivity index (χ2v) is 3.94. The minimum absolute atomic E-state index is 0.216. The largest absolute Gasteiger partial charge is 0.382 e. The van der Waals surface area contributed by atoms with Gasteiger partial charge in [0.05, 0.1) is 0 Å². The summed E-state index contributed by atoms with van der Waals surface area (Å²) < 4.78 is 5.33. The minimum Gasteiger partial charge on any atom is -0.382 e. The van der Waals surface area contributed by atoms with Crippen molar-refractivity contribution in [2.24, 2.45) is 5.92 Å². The first-order valence-electron chi connectivity index (χ1n) is 6.57. The summed E-state index contributed by atoms with van der Waals surface area (Å²) in [5, 5.41) is 0. The molecule has 0 N–H and O–H groups in total. The van der Waals surface area contributed by atoms with Crippen molar-refractivity contribution in [1.82, 2.24) is 4.90 Å². The molecule has 0 aromatic rings. The zero-order valence-corrected chi connectivity index (χ0v) is 11.3. The van der Waals surface area contributed by atoms with Crippen molar-refractivity contribution in [3.8, 4) is 0 Å². The lowest BCUT2D eigenvalue weighted by atomic mass is 9.94. The summed E-state index contributed by atoms with van der Waals surface area (Å²) in [6.07, 6.45) is 3.44. The lowest BCUT2D eigenvalue weighted by Crippen LogP contribution is -2.37. The number of piperidine rings is 1. The molecule has 1 aliphatic heterocycles. The van der Waals surface area contributed by atoms with Crippen molar-refractivity contribution in [1.29, 1.82) is 0 Å². The van der Waals surface area contributed by atoms with Crippen molar-refractivity contribution < 1.29 is 9.53 Å². The molecule has 1 amide bonds. The van der Waals surface area contributed by atoms with E-state index in [0.717, 1.165) is 51.5 Å². The Balaban J connectivity index is 0.00000106. The Hall–Kier alpha value is -0.570. The molecule has 1 aliphatic rings. The van der Waals surface area contributed by atoms with Crippen LogP contribution in [0.2, 0.25) is 0 Å². The van der Waals surface area contributed by atoms with Crippen molar-refractivity contribution in [2.45, 2.75) is 47.0 Å². The lowest BCUT2D eigenvalue weighted by Gasteiger charge is -2.31. The molecule has 3 nitrogen and oxygen atoms in total. The molecule has 0 aliphatic carbocycles. The van der Waals surface area contributed by atoms with Crippen molar-refractivity contribution >= 4 is 5.91 Å². The number of nitrogens with zero attached hydrogens (tertiary/aromatic N) is 1. The van der Waals surface area contributed by atoms with Crippen LogP contribution in [0, 0.1) is 5.92 Å². The average Bonchev–Trinajstić information content (AvgIpc) is 2.33. The summed E-state index contributed by atoms with van der Waals surface area (Å²) >= 11 is 0. The van der Waals surface area contributed by atoms with E-state index in [-0.39, 0.29) is 5.91 Å². The Morgan fingerprint density at radius 2 is 1.88 bits per heavy atom. The van der Waals surface area contributed by atoms with Gasteiger partial charge in [0.15, 0.2) is 0 Å². The third kappa shape index (κ3) is 6.11. The van der Waals surface area contributed by atoms with Gasteiger partial charge in [0, 0.05) is 33.2 Å². The van der Waals surface area contributed by atoms with E-state index in [1.165, 1.54) is 0 Å². The second-order valence-electron chi connectivity index (χ2n) is 3.94. The molecule has 3 heteroatoms. The summed E-state index contributed by atoms with van der Waals surface area (Å²) in [6.45, 7) is 11.2. The first-order valence-corrected chi connectivity index (χ1v) is 6.57. The van der Waals surface area contributed by atoms with E-state index in [1.807, 2.05) is 25.7 Å². The van der Waals surface area contributed by atoms with Crippen LogP contribution in [0.4, 0.5) is 0 Å². The standard InChI is InChI=1S/C11H21NO2.C2H6/c1-3-14-9-6-11-4-7-12(8-5-11)10(2)13;1-2/h11H,3-9H2,1-2H3;1-2H3. The number of carbonyl (C=O) groups excluding carboxylic acids is 1. The fourth-order valence-corrected chi connectivity index (χ4v) is 1.93. The summed E-state index contributed by atoms with van der Waals surface area (Å²) in [6, 6.07) is 0. The molecule has 0 unspecified atom stereocenters. The van der Waals surface area contributed by atoms with E-state index in [4.69, 9.17) is 4.74 Å². The molecule has 1 heterocycles. The van der Waals surface area contributed by atoms with Crippen LogP contribution < -0.4 is 0 Å². The topological polar surface area (TPSA) is 29.5 Å². The maximum atomic E-state index is 11.1. The number of hydrogen-bond acceptors (Lipinski definition) is 2. The van der Waals surface area contributed by atoms with Crippen LogP contribution in [0.1, 0.15) is 47.0 Å². The van der Waals surface area contributed by atoms with Crippen LogP contribution in [-0.4, -0.2) is 37.1 Å². The van der Waals surface area contributed by atoms with Crippen LogP contribution in [0.25, 0.3) is 0 Å². The third-order valence-electron chi connectivity index (χ3n) is 2.93. The Labute approximate surface area is 100 Å². The predicted molar refractivity (Wildman–Crippen MR) is 67.4 cm³/mol. The molecular weight excluding hydrogens is 202 g/mol. The molecule has 16 heavy (non-hydrogen) atoms. The van der Waals surface area contributed by atoms with Gasteiger partial charge in [-0.2, -0.15) is 0 Å². The van der Waals surface area contributed by atoms with Gasteiger partial charge in [-0.25, -0.2) is 0 Å². The van der Waals surface area contributed by atoms with Gasteiger partial charge in [-0.05, 0) is 32.1 Å². The monoisotopic (exact) mass is 229 g/mol. The van der Waals surface area contributed by atoms with Crippen molar-refractivity contribution in [3.05, 3.63) is 0 Å². The highest BCUT2D eigenvalue weighted by Gasteiger charge is 2.19. The zero-order valence-electron chi connectivity index (χ0n) is 11.3. The fraction of sp³-hybridized carbons (Fsp3) is 0.923. The smallest absolute Gasteiger partial charge is 0.219 e. The van der Waals surface area contributed by atoms with E-state index in [2.05, 4.69) is 0 Å². The fourth-order valence-electron chi connectivity index (χ4n) is 1.93. The van der Waals surface area contributed by atoms with Gasteiger partial charge in [0.25, 0.3) is 0 Å². The van der Waals surface area contributed by atoms with Crippen LogP contribution in [0.15, 0.2) is 0 Å². The molecule has 0 atom stereocenters. The number of rotatable bonds is 4. The summed E-state index contributed by atoms with van der Waals surface area (Å²) in [4.78, 5) is 13.0. The van der Waals surface area contributed by atoms with E-state index in [1.54, 1.807) is 6.92 Å². The summed E-state index contributed by atoms with van der Waals surface area (Å²) in [5.41, 5.74) is 0. The molecule has 1 saturated heterocycles. The van der Waals surface area contributed by atoms with Gasteiger partial charge < -0.3 is 9.64 Å². The van der Waals surface area contributed by atoms with Crippen molar-refractivity contribution in [3.63, 3.8) is 0 Å². The zero-order chi connectivity index (χ0) is 12.4. The summed E-state index contributed by atoms with van der Waals surface area (Å²) in [7, 11) is 0. The van der Waals surface area contributed by atoms with Gasteiger partial charge in [-0.15, -0.1) is 0 Å². The average molecular weight is 229 g/mol. The van der Waals surface area contributed by atoms with Gasteiger partial charge >= 0.3 is 0 Å². The maximum absolute atomic E-state index is 11.1. The highest BCUT2D eigenvalue weighted by molar-refractivity contribution is 5.73. The van der Waals surface area contributed by atoms with Crippen LogP contribution in [-0.2, 0) is 9.53 Å². The molecule has 1 rings (SSSR count). The van der Waals surface area contributed by atoms with Crippen LogP contribution in [0.5, 0.6) is 0 Å². The first kappa shape index (κ1) is 15.4. The molecule has 0 radical (unpaired) electrons. The third-order valence-corrected chi connectivity index (χ3v) is 2.93. The molecule has 0 spiro atoms. The highest BCUT2D eigenvalue weighted by Crippen LogP contribution is 2.20. The lowest BCUT2D eigenvalue weighted by molar-refractivity contribution is -0.130. The maximum Gasteiger partial charge on any atom is 0.219 e. The molecule has 0 saturated carbocycles. The van der Waals surface area contributed by atoms with Gasteiger partial charge in [-0.3, -0.25) is 4.79 Å². The summed E-state index contributed by atoms with van der Waals surface area (Å²) in [5.74, 6) is 0.977. The van der Waals surface area contributed by atoms with E-state index in [9.17, 15) is 4.79 Å². The van der Waals surface area contributed by atoms with Gasteiger partial charge in [0.1, 0.15) is 0 Å². The normalized spacial score (nSPS) is 16.6. The van der Waals surface area contributed by atoms with E-state index in [0.29, 0.717) is 0 Å². The molecule has 1 fully saturated rings. The van der Waals surface area contributed by atoms with Crippen molar-refractivity contribution in [2.75, 3.05) is 26.3 Å². The Bertz CT molecular complexity index is 175. The Morgan fingerprint density at radius 1 is 1.31 bits per heavy atom. The van der Waals surface area contributed by atoms with E-state index < -0.39 is 0 Å². The Morgan fingerprint density at radius 3 is 2.31 bits per heavy atom. The molecule has 0 aromatic carbocycles. The van der Waals surface area contributed by atoms with Crippen LogP contribution in [0.3, 0.4) is 0 Å².